The van der Waals surface area contributed by atoms with Gasteiger partial charge in [-0.05, 0) is 61.6 Å². The third kappa shape index (κ3) is 5.39. The number of anilines is 1. The predicted octanol–water partition coefficient (Wildman–Crippen LogP) is 4.46. The highest BCUT2D eigenvalue weighted by Gasteiger charge is 2.31. The second-order valence-electron chi connectivity index (χ2n) is 6.17. The van der Waals surface area contributed by atoms with Crippen molar-refractivity contribution in [1.82, 2.24) is 4.98 Å². The van der Waals surface area contributed by atoms with Crippen molar-refractivity contribution in [3.63, 3.8) is 0 Å². The molecule has 0 aliphatic heterocycles. The van der Waals surface area contributed by atoms with Crippen LogP contribution in [0.3, 0.4) is 0 Å². The van der Waals surface area contributed by atoms with Gasteiger partial charge in [-0.1, -0.05) is 11.8 Å². The molecule has 0 fully saturated rings. The van der Waals surface area contributed by atoms with Crippen LogP contribution in [0.4, 0.5) is 18.9 Å². The Morgan fingerprint density at radius 3 is 2.64 bits per heavy atom. The molecule has 0 saturated carbocycles. The van der Waals surface area contributed by atoms with E-state index in [2.05, 4.69) is 21.1 Å². The highest BCUT2D eigenvalue weighted by molar-refractivity contribution is 8.00. The fraction of sp³-hybridized carbons (Fsp3) is 0.316. The molecule has 2 aromatic rings. The zero-order valence-corrected chi connectivity index (χ0v) is 15.5. The van der Waals surface area contributed by atoms with E-state index in [0.717, 1.165) is 60.8 Å². The van der Waals surface area contributed by atoms with E-state index in [9.17, 15) is 23.2 Å². The smallest absolute Gasteiger partial charge is 0.406 e. The molecule has 0 bridgehead atoms. The topological polar surface area (TPSA) is 75.0 Å². The third-order valence-electron chi connectivity index (χ3n) is 4.10. The van der Waals surface area contributed by atoms with E-state index in [-0.39, 0.29) is 17.4 Å². The van der Waals surface area contributed by atoms with Gasteiger partial charge in [-0.3, -0.25) is 4.79 Å². The largest absolute Gasteiger partial charge is 0.573 e. The zero-order chi connectivity index (χ0) is 20.1. The number of benzene rings is 1. The first-order chi connectivity index (χ1) is 13.3. The molecule has 0 atom stereocenters. The minimum absolute atomic E-state index is 0.0290. The second kappa shape index (κ2) is 8.52. The lowest BCUT2D eigenvalue weighted by Crippen LogP contribution is -2.17. The number of pyridine rings is 1. The van der Waals surface area contributed by atoms with Crippen LogP contribution in [-0.2, 0) is 17.6 Å². The van der Waals surface area contributed by atoms with Gasteiger partial charge in [0.15, 0.2) is 0 Å². The molecule has 28 heavy (non-hydrogen) atoms. The summed E-state index contributed by atoms with van der Waals surface area (Å²) < 4.78 is 40.3. The van der Waals surface area contributed by atoms with Gasteiger partial charge in [0.2, 0.25) is 5.91 Å². The van der Waals surface area contributed by atoms with Crippen LogP contribution in [0.15, 0.2) is 35.4 Å². The maximum Gasteiger partial charge on any atom is 0.573 e. The van der Waals surface area contributed by atoms with Gasteiger partial charge in [-0.2, -0.15) is 5.26 Å². The monoisotopic (exact) mass is 407 g/mol. The van der Waals surface area contributed by atoms with E-state index in [1.165, 1.54) is 12.1 Å². The van der Waals surface area contributed by atoms with E-state index in [4.69, 9.17) is 0 Å². The molecule has 1 aromatic heterocycles. The number of amides is 1. The molecular formula is C19H16F3N3O2S. The number of nitriles is 1. The molecule has 1 aliphatic carbocycles. The molecule has 0 radical (unpaired) electrons. The number of thioether (sulfide) groups is 1. The van der Waals surface area contributed by atoms with Gasteiger partial charge in [0.25, 0.3) is 0 Å². The summed E-state index contributed by atoms with van der Waals surface area (Å²) in [5.41, 5.74) is 2.87. The van der Waals surface area contributed by atoms with Crippen molar-refractivity contribution in [1.29, 1.82) is 5.26 Å². The lowest BCUT2D eigenvalue weighted by atomic mass is 9.95. The number of carbonyl (C=O) groups is 1. The molecule has 5 nitrogen and oxygen atoms in total. The Morgan fingerprint density at radius 2 is 1.96 bits per heavy atom. The maximum atomic E-state index is 12.2. The Morgan fingerprint density at radius 1 is 1.25 bits per heavy atom. The molecule has 1 heterocycles. The number of nitrogens with one attached hydrogen (secondary N) is 1. The van der Waals surface area contributed by atoms with E-state index in [1.807, 2.05) is 6.07 Å². The van der Waals surface area contributed by atoms with E-state index in [1.54, 1.807) is 0 Å². The van der Waals surface area contributed by atoms with Crippen LogP contribution in [0.2, 0.25) is 0 Å². The number of aryl methyl sites for hydroxylation is 2. The molecule has 1 aliphatic rings. The molecule has 3 rings (SSSR count). The van der Waals surface area contributed by atoms with E-state index in [0.29, 0.717) is 16.3 Å². The van der Waals surface area contributed by atoms with Crippen LogP contribution in [0.1, 0.15) is 29.7 Å². The van der Waals surface area contributed by atoms with Crippen molar-refractivity contribution in [3.05, 3.63) is 47.2 Å². The van der Waals surface area contributed by atoms with Crippen LogP contribution in [0.5, 0.6) is 5.75 Å². The quantitative estimate of drug-likeness (QED) is 0.741. The minimum Gasteiger partial charge on any atom is -0.406 e. The molecule has 0 saturated heterocycles. The Bertz CT molecular complexity index is 908. The summed E-state index contributed by atoms with van der Waals surface area (Å²) in [4.78, 5) is 16.7. The first-order valence-electron chi connectivity index (χ1n) is 8.55. The number of fused-ring (bicyclic) bond motifs is 1. The van der Waals surface area contributed by atoms with Crippen molar-refractivity contribution >= 4 is 23.4 Å². The van der Waals surface area contributed by atoms with Crippen molar-refractivity contribution in [2.45, 2.75) is 37.1 Å². The Hall–Kier alpha value is -2.73. The average molecular weight is 407 g/mol. The predicted molar refractivity (Wildman–Crippen MR) is 98.1 cm³/mol. The Kier molecular flexibility index (Phi) is 6.09. The van der Waals surface area contributed by atoms with Gasteiger partial charge < -0.3 is 10.1 Å². The minimum atomic E-state index is -4.76. The van der Waals surface area contributed by atoms with Gasteiger partial charge in [0.1, 0.15) is 16.8 Å². The van der Waals surface area contributed by atoms with Crippen LogP contribution >= 0.6 is 11.8 Å². The fourth-order valence-electron chi connectivity index (χ4n) is 2.88. The van der Waals surface area contributed by atoms with Gasteiger partial charge >= 0.3 is 6.36 Å². The summed E-state index contributed by atoms with van der Waals surface area (Å²) in [5.74, 6) is -0.684. The summed E-state index contributed by atoms with van der Waals surface area (Å²) in [7, 11) is 0. The molecule has 1 amide bonds. The van der Waals surface area contributed by atoms with Crippen LogP contribution < -0.4 is 10.1 Å². The van der Waals surface area contributed by atoms with Crippen LogP contribution in [0.25, 0.3) is 0 Å². The first-order valence-corrected chi connectivity index (χ1v) is 9.54. The zero-order valence-electron chi connectivity index (χ0n) is 14.7. The Labute approximate surface area is 163 Å². The van der Waals surface area contributed by atoms with Gasteiger partial charge in [-0.15, -0.1) is 13.2 Å². The SMILES string of the molecule is N#Cc1cc2c(nc1SCC(=O)Nc1ccc(OC(F)(F)F)cc1)CCCC2. The number of halogens is 3. The molecule has 9 heteroatoms. The lowest BCUT2D eigenvalue weighted by molar-refractivity contribution is -0.274. The third-order valence-corrected chi connectivity index (χ3v) is 5.09. The van der Waals surface area contributed by atoms with E-state index < -0.39 is 6.36 Å². The molecule has 1 aromatic carbocycles. The molecule has 146 valence electrons. The van der Waals surface area contributed by atoms with Gasteiger partial charge in [0, 0.05) is 11.4 Å². The van der Waals surface area contributed by atoms with Crippen molar-refractivity contribution < 1.29 is 22.7 Å². The number of carbonyl (C=O) groups excluding carboxylic acids is 1. The number of hydrogen-bond donors (Lipinski definition) is 1. The molecule has 1 N–H and O–H groups in total. The highest BCUT2D eigenvalue weighted by Crippen LogP contribution is 2.28. The highest BCUT2D eigenvalue weighted by atomic mass is 32.2. The first kappa shape index (κ1) is 20.0. The molecular weight excluding hydrogens is 391 g/mol. The summed E-state index contributed by atoms with van der Waals surface area (Å²) in [5, 5.41) is 12.4. The lowest BCUT2D eigenvalue weighted by Gasteiger charge is -2.16. The number of nitrogens with zero attached hydrogens (tertiary/aromatic N) is 2. The average Bonchev–Trinajstić information content (AvgIpc) is 2.66. The van der Waals surface area contributed by atoms with E-state index >= 15 is 0 Å². The number of hydrogen-bond acceptors (Lipinski definition) is 5. The summed E-state index contributed by atoms with van der Waals surface area (Å²) >= 11 is 1.16. The van der Waals surface area contributed by atoms with Crippen LogP contribution in [0, 0.1) is 11.3 Å². The van der Waals surface area contributed by atoms with Crippen molar-refractivity contribution in [2.75, 3.05) is 11.1 Å². The fourth-order valence-corrected chi connectivity index (χ4v) is 3.65. The summed E-state index contributed by atoms with van der Waals surface area (Å²) in [6, 6.07) is 8.85. The number of alkyl halides is 3. The summed E-state index contributed by atoms with van der Waals surface area (Å²) in [6.45, 7) is 0. The standard InChI is InChI=1S/C19H16F3N3O2S/c20-19(21,22)27-15-7-5-14(6-8-15)24-17(26)11-28-18-13(10-23)9-12-3-1-2-4-16(12)25-18/h5-9H,1-4,11H2,(H,24,26). The van der Waals surface area contributed by atoms with Crippen molar-refractivity contribution in [3.8, 4) is 11.8 Å². The molecule has 0 spiro atoms. The second-order valence-corrected chi connectivity index (χ2v) is 7.14. The summed E-state index contributed by atoms with van der Waals surface area (Å²) in [6.07, 6.45) is -0.836. The number of aromatic nitrogens is 1. The van der Waals surface area contributed by atoms with Crippen LogP contribution in [-0.4, -0.2) is 23.0 Å². The number of ether oxygens (including phenoxy) is 1. The molecule has 0 unspecified atom stereocenters. The van der Waals surface area contributed by atoms with Gasteiger partial charge in [-0.25, -0.2) is 4.98 Å². The number of rotatable bonds is 5. The van der Waals surface area contributed by atoms with Crippen molar-refractivity contribution in [2.24, 2.45) is 0 Å². The van der Waals surface area contributed by atoms with Gasteiger partial charge in [0.05, 0.1) is 11.3 Å². The Balaban J connectivity index is 1.59. The normalized spacial score (nSPS) is 13.4. The maximum absolute atomic E-state index is 12.2.